The number of rotatable bonds is 5. The molecule has 0 radical (unpaired) electrons. The Kier molecular flexibility index (Phi) is 6.16. The van der Waals surface area contributed by atoms with Crippen molar-refractivity contribution in [3.05, 3.63) is 73.9 Å². The monoisotopic (exact) mass is 492 g/mol. The summed E-state index contributed by atoms with van der Waals surface area (Å²) in [7, 11) is -2.39. The highest BCUT2D eigenvalue weighted by Crippen LogP contribution is 2.30. The molecule has 5 nitrogen and oxygen atoms in total. The van der Waals surface area contributed by atoms with Gasteiger partial charge in [0.05, 0.1) is 5.69 Å². The molecule has 0 unspecified atom stereocenters. The standard InChI is InChI=1S/C21H21BrN2O3S2/c1-13-5-7-17(12-14(13)2)24(4)29(26,27)19-9-10-28-20(19)21(25)23-16-6-8-18(22)15(3)11-16/h5-12H,1-4H3,(H,23,25). The molecule has 0 atom stereocenters. The second-order valence-corrected chi connectivity index (χ2v) is 10.5. The molecule has 2 aromatic carbocycles. The first-order chi connectivity index (χ1) is 13.6. The van der Waals surface area contributed by atoms with E-state index < -0.39 is 15.9 Å². The van der Waals surface area contributed by atoms with Crippen molar-refractivity contribution in [3.8, 4) is 0 Å². The summed E-state index contributed by atoms with van der Waals surface area (Å²) in [5.74, 6) is -0.450. The van der Waals surface area contributed by atoms with Gasteiger partial charge in [-0.3, -0.25) is 9.10 Å². The number of carbonyl (C=O) groups excluding carboxylic acids is 1. The Morgan fingerprint density at radius 3 is 2.38 bits per heavy atom. The molecule has 0 aliphatic heterocycles. The molecule has 0 spiro atoms. The third-order valence-corrected chi connectivity index (χ3v) is 8.50. The van der Waals surface area contributed by atoms with E-state index in [-0.39, 0.29) is 9.77 Å². The first-order valence-corrected chi connectivity index (χ1v) is 11.9. The third-order valence-electron chi connectivity index (χ3n) is 4.74. The predicted octanol–water partition coefficient (Wildman–Crippen LogP) is 5.51. The summed E-state index contributed by atoms with van der Waals surface area (Å²) in [6.07, 6.45) is 0. The minimum atomic E-state index is -3.89. The van der Waals surface area contributed by atoms with E-state index in [0.29, 0.717) is 11.4 Å². The van der Waals surface area contributed by atoms with Crippen LogP contribution in [0.2, 0.25) is 0 Å². The van der Waals surface area contributed by atoms with Crippen LogP contribution < -0.4 is 9.62 Å². The molecule has 3 aromatic rings. The van der Waals surface area contributed by atoms with E-state index in [1.54, 1.807) is 17.5 Å². The van der Waals surface area contributed by atoms with Gasteiger partial charge in [0, 0.05) is 17.2 Å². The number of thiophene rings is 1. The summed E-state index contributed by atoms with van der Waals surface area (Å²) >= 11 is 4.53. The minimum Gasteiger partial charge on any atom is -0.321 e. The Bertz CT molecular complexity index is 1190. The van der Waals surface area contributed by atoms with Crippen LogP contribution in [0.1, 0.15) is 26.4 Å². The Labute approximate surface area is 183 Å². The Balaban J connectivity index is 1.92. The quantitative estimate of drug-likeness (QED) is 0.510. The molecular formula is C21H21BrN2O3S2. The number of hydrogen-bond donors (Lipinski definition) is 1. The van der Waals surface area contributed by atoms with E-state index in [9.17, 15) is 13.2 Å². The second kappa shape index (κ2) is 8.30. The van der Waals surface area contributed by atoms with E-state index in [0.717, 1.165) is 32.5 Å². The van der Waals surface area contributed by atoms with Gasteiger partial charge in [-0.05, 0) is 79.2 Å². The molecule has 0 bridgehead atoms. The van der Waals surface area contributed by atoms with Gasteiger partial charge < -0.3 is 5.32 Å². The summed E-state index contributed by atoms with van der Waals surface area (Å²) in [4.78, 5) is 13.0. The highest BCUT2D eigenvalue weighted by atomic mass is 79.9. The number of carbonyl (C=O) groups is 1. The largest absolute Gasteiger partial charge is 0.321 e. The average molecular weight is 493 g/mol. The molecule has 8 heteroatoms. The Morgan fingerprint density at radius 2 is 1.72 bits per heavy atom. The van der Waals surface area contributed by atoms with Gasteiger partial charge >= 0.3 is 0 Å². The van der Waals surface area contributed by atoms with Gasteiger partial charge in [0.15, 0.2) is 0 Å². The number of amides is 1. The molecule has 1 heterocycles. The summed E-state index contributed by atoms with van der Waals surface area (Å²) in [5.41, 5.74) is 4.21. The Hall–Kier alpha value is -2.16. The van der Waals surface area contributed by atoms with E-state index in [1.807, 2.05) is 45.0 Å². The van der Waals surface area contributed by atoms with E-state index >= 15 is 0 Å². The van der Waals surface area contributed by atoms with Gasteiger partial charge in [0.25, 0.3) is 15.9 Å². The summed E-state index contributed by atoms with van der Waals surface area (Å²) in [6.45, 7) is 5.82. The minimum absolute atomic E-state index is 0.00504. The van der Waals surface area contributed by atoms with E-state index in [4.69, 9.17) is 0 Å². The van der Waals surface area contributed by atoms with Crippen molar-refractivity contribution >= 4 is 54.6 Å². The van der Waals surface area contributed by atoms with Gasteiger partial charge in [-0.15, -0.1) is 11.3 Å². The van der Waals surface area contributed by atoms with Gasteiger partial charge in [-0.2, -0.15) is 0 Å². The first kappa shape index (κ1) is 21.5. The van der Waals surface area contributed by atoms with Gasteiger partial charge in [-0.1, -0.05) is 22.0 Å². The van der Waals surface area contributed by atoms with E-state index in [2.05, 4.69) is 21.2 Å². The number of halogens is 1. The fourth-order valence-electron chi connectivity index (χ4n) is 2.78. The second-order valence-electron chi connectivity index (χ2n) is 6.77. The molecule has 152 valence electrons. The summed E-state index contributed by atoms with van der Waals surface area (Å²) < 4.78 is 28.6. The van der Waals surface area contributed by atoms with Crippen molar-refractivity contribution in [3.63, 3.8) is 0 Å². The lowest BCUT2D eigenvalue weighted by Gasteiger charge is -2.20. The molecule has 29 heavy (non-hydrogen) atoms. The van der Waals surface area contributed by atoms with Crippen LogP contribution in [-0.2, 0) is 10.0 Å². The molecular weight excluding hydrogens is 472 g/mol. The fourth-order valence-corrected chi connectivity index (χ4v) is 5.51. The maximum atomic E-state index is 13.2. The number of nitrogens with one attached hydrogen (secondary N) is 1. The van der Waals surface area contributed by atoms with Crippen LogP contribution in [-0.4, -0.2) is 21.4 Å². The maximum Gasteiger partial charge on any atom is 0.267 e. The van der Waals surface area contributed by atoms with Gasteiger partial charge in [-0.25, -0.2) is 8.42 Å². The normalized spacial score (nSPS) is 11.3. The molecule has 1 aromatic heterocycles. The van der Waals surface area contributed by atoms with Crippen molar-refractivity contribution < 1.29 is 13.2 Å². The number of benzene rings is 2. The van der Waals surface area contributed by atoms with Crippen LogP contribution in [0.25, 0.3) is 0 Å². The third kappa shape index (κ3) is 4.39. The lowest BCUT2D eigenvalue weighted by Crippen LogP contribution is -2.28. The molecule has 0 saturated carbocycles. The van der Waals surface area contributed by atoms with Gasteiger partial charge in [0.2, 0.25) is 0 Å². The predicted molar refractivity (Wildman–Crippen MR) is 123 cm³/mol. The van der Waals surface area contributed by atoms with Crippen molar-refractivity contribution in [2.75, 3.05) is 16.7 Å². The SMILES string of the molecule is Cc1ccc(N(C)S(=O)(=O)c2ccsc2C(=O)Nc2ccc(Br)c(C)c2)cc1C. The molecule has 1 amide bonds. The highest BCUT2D eigenvalue weighted by molar-refractivity contribution is 9.10. The number of aryl methyl sites for hydroxylation is 3. The molecule has 0 saturated heterocycles. The Morgan fingerprint density at radius 1 is 1.00 bits per heavy atom. The lowest BCUT2D eigenvalue weighted by atomic mass is 10.1. The summed E-state index contributed by atoms with van der Waals surface area (Å²) in [5, 5.41) is 4.40. The van der Waals surface area contributed by atoms with Gasteiger partial charge in [0.1, 0.15) is 9.77 Å². The fraction of sp³-hybridized carbons (Fsp3) is 0.190. The first-order valence-electron chi connectivity index (χ1n) is 8.82. The van der Waals surface area contributed by atoms with Crippen LogP contribution in [0.4, 0.5) is 11.4 Å². The number of hydrogen-bond acceptors (Lipinski definition) is 4. The van der Waals surface area contributed by atoms with Crippen LogP contribution in [0.3, 0.4) is 0 Å². The number of nitrogens with zero attached hydrogens (tertiary/aromatic N) is 1. The number of sulfonamides is 1. The lowest BCUT2D eigenvalue weighted by molar-refractivity contribution is 0.102. The van der Waals surface area contributed by atoms with Crippen LogP contribution in [0.15, 0.2) is 57.2 Å². The zero-order valence-electron chi connectivity index (χ0n) is 16.5. The van der Waals surface area contributed by atoms with Crippen LogP contribution in [0.5, 0.6) is 0 Å². The highest BCUT2D eigenvalue weighted by Gasteiger charge is 2.28. The molecule has 3 rings (SSSR count). The van der Waals surface area contributed by atoms with Crippen molar-refractivity contribution in [1.82, 2.24) is 0 Å². The van der Waals surface area contributed by atoms with Crippen LogP contribution >= 0.6 is 27.3 Å². The van der Waals surface area contributed by atoms with Crippen molar-refractivity contribution in [1.29, 1.82) is 0 Å². The van der Waals surface area contributed by atoms with Crippen molar-refractivity contribution in [2.24, 2.45) is 0 Å². The van der Waals surface area contributed by atoms with Crippen LogP contribution in [0, 0.1) is 20.8 Å². The molecule has 1 N–H and O–H groups in total. The number of anilines is 2. The summed E-state index contributed by atoms with van der Waals surface area (Å²) in [6, 6.07) is 12.4. The molecule has 0 aliphatic carbocycles. The topological polar surface area (TPSA) is 66.5 Å². The smallest absolute Gasteiger partial charge is 0.267 e. The zero-order chi connectivity index (χ0) is 21.3. The zero-order valence-corrected chi connectivity index (χ0v) is 19.7. The molecule has 0 aliphatic rings. The maximum absolute atomic E-state index is 13.2. The van der Waals surface area contributed by atoms with E-state index in [1.165, 1.54) is 17.4 Å². The van der Waals surface area contributed by atoms with Crippen molar-refractivity contribution in [2.45, 2.75) is 25.7 Å². The average Bonchev–Trinajstić information content (AvgIpc) is 3.17. The molecule has 0 fully saturated rings.